The van der Waals surface area contributed by atoms with Crippen LogP contribution in [0.2, 0.25) is 0 Å². The molecule has 32 heteroatoms. The van der Waals surface area contributed by atoms with Crippen molar-refractivity contribution in [1.29, 1.82) is 0 Å². The van der Waals surface area contributed by atoms with E-state index in [0.717, 1.165) is 154 Å². The fourth-order valence-electron chi connectivity index (χ4n) is 23.0. The summed E-state index contributed by atoms with van der Waals surface area (Å²) < 4.78 is 0. The number of anilines is 7. The van der Waals surface area contributed by atoms with E-state index in [1.807, 2.05) is 20.1 Å². The number of hydrogen-bond acceptors (Lipinski definition) is 32. The third kappa shape index (κ3) is 30.7. The summed E-state index contributed by atoms with van der Waals surface area (Å²) in [7, 11) is 0. The molecule has 8 heterocycles. The Morgan fingerprint density at radius 3 is 0.984 bits per heavy atom. The Morgan fingerprint density at radius 1 is 0.326 bits per heavy atom. The first kappa shape index (κ1) is 109. The van der Waals surface area contributed by atoms with Crippen molar-refractivity contribution in [1.82, 2.24) is 108 Å². The van der Waals surface area contributed by atoms with Crippen LogP contribution in [0.5, 0.6) is 0 Å². The molecule has 8 rings (SSSR count). The number of rotatable bonds is 52. The SMILES string of the molecule is CCCCNN(NCCCC)c1nc(N(NCCCC)C(N)CCC)nc(N(C2CC(C)(C)NC(C)(C)C2)N(C2CC(C)(C)NC(C)(C)C2)C(C)(C)c2nc(N(CN(C3CC(C)(C)NC(C)(C)C3)C(CC)c3nc(N(NCCCC)C(N)CCC)nc(N(NCCCC)C(N)CCC)n3)C3CC(C)(C)NC(C)(C)C3)nc(N(C(N)CCC)C3CC(C)(C)NC(C)(C)C3)n2)n1. The Morgan fingerprint density at radius 2 is 0.620 bits per heavy atom. The summed E-state index contributed by atoms with van der Waals surface area (Å²) in [6, 6.07) is -1.18. The highest BCUT2D eigenvalue weighted by Gasteiger charge is 2.55. The molecular formula is C97H194N32. The minimum absolute atomic E-state index is 0.0542. The van der Waals surface area contributed by atoms with Gasteiger partial charge in [0.05, 0.1) is 49.0 Å². The average molecular weight is 1810 g/mol. The molecule has 5 aliphatic heterocycles. The van der Waals surface area contributed by atoms with Crippen molar-refractivity contribution in [2.45, 2.75) is 530 Å². The Balaban J connectivity index is 1.62. The Bertz CT molecular complexity index is 3710. The molecule has 5 unspecified atom stereocenters. The third-order valence-corrected chi connectivity index (χ3v) is 26.7. The largest absolute Gasteiger partial charge is 0.325 e. The summed E-state index contributed by atoms with van der Waals surface area (Å²) >= 11 is 0. The summed E-state index contributed by atoms with van der Waals surface area (Å²) in [6.45, 7) is 78.1. The van der Waals surface area contributed by atoms with Crippen LogP contribution in [0.25, 0.3) is 0 Å². The van der Waals surface area contributed by atoms with Crippen LogP contribution >= 0.6 is 0 Å². The van der Waals surface area contributed by atoms with E-state index in [-0.39, 0.29) is 85.6 Å². The zero-order valence-electron chi connectivity index (χ0n) is 87.9. The molecule has 129 heavy (non-hydrogen) atoms. The molecule has 5 saturated heterocycles. The van der Waals surface area contributed by atoms with Crippen LogP contribution < -0.4 is 112 Å². The van der Waals surface area contributed by atoms with E-state index in [1.165, 1.54) is 0 Å². The van der Waals surface area contributed by atoms with Gasteiger partial charge in [0.25, 0.3) is 5.95 Å². The molecule has 0 bridgehead atoms. The van der Waals surface area contributed by atoms with Crippen LogP contribution in [0, 0.1) is 0 Å². The maximum absolute atomic E-state index is 8.10. The summed E-state index contributed by atoms with van der Waals surface area (Å²) in [6.07, 6.45) is 22.3. The van der Waals surface area contributed by atoms with Crippen molar-refractivity contribution in [3.63, 3.8) is 0 Å². The van der Waals surface area contributed by atoms with Crippen molar-refractivity contribution in [3.8, 4) is 0 Å². The first-order valence-corrected chi connectivity index (χ1v) is 51.2. The van der Waals surface area contributed by atoms with Crippen LogP contribution in [0.15, 0.2) is 0 Å². The fourth-order valence-corrected chi connectivity index (χ4v) is 23.0. The first-order valence-electron chi connectivity index (χ1n) is 51.2. The Hall–Kier alpha value is -5.01. The molecule has 3 aromatic rings. The Kier molecular flexibility index (Phi) is 39.2. The van der Waals surface area contributed by atoms with Gasteiger partial charge in [-0.2, -0.15) is 44.9 Å². The summed E-state index contributed by atoms with van der Waals surface area (Å²) in [4.78, 5) is 61.7. The maximum Gasteiger partial charge on any atom is 0.262 e. The topological polar surface area (TPSA) is 370 Å². The molecular weight excluding hydrogens is 1610 g/mol. The molecule has 5 atom stereocenters. The fraction of sp³-hybridized carbons (Fsp3) is 0.907. The maximum atomic E-state index is 8.10. The molecule has 0 saturated carbocycles. The second-order valence-electron chi connectivity index (χ2n) is 46.4. The van der Waals surface area contributed by atoms with Gasteiger partial charge in [0, 0.05) is 112 Å². The van der Waals surface area contributed by atoms with Gasteiger partial charge in [-0.3, -0.25) is 24.9 Å². The van der Waals surface area contributed by atoms with E-state index < -0.39 is 36.2 Å². The van der Waals surface area contributed by atoms with Crippen LogP contribution in [0.4, 0.5) is 41.6 Å². The van der Waals surface area contributed by atoms with Gasteiger partial charge in [-0.1, -0.05) is 127 Å². The Labute approximate surface area is 784 Å². The van der Waals surface area contributed by atoms with Gasteiger partial charge in [-0.15, -0.1) is 0 Å². The lowest BCUT2D eigenvalue weighted by molar-refractivity contribution is -0.0297. The molecule has 0 aromatic carbocycles. The number of piperidine rings is 5. The second-order valence-corrected chi connectivity index (χ2v) is 46.4. The third-order valence-electron chi connectivity index (χ3n) is 26.7. The molecule has 0 aliphatic carbocycles. The minimum Gasteiger partial charge on any atom is -0.325 e. The molecule has 5 aliphatic rings. The molecule has 0 spiro atoms. The molecule has 742 valence electrons. The van der Waals surface area contributed by atoms with Crippen molar-refractivity contribution in [2.75, 3.05) is 74.3 Å². The first-order chi connectivity index (χ1) is 60.2. The van der Waals surface area contributed by atoms with Crippen molar-refractivity contribution in [3.05, 3.63) is 11.6 Å². The van der Waals surface area contributed by atoms with Crippen molar-refractivity contribution < 1.29 is 0 Å². The summed E-state index contributed by atoms with van der Waals surface area (Å²) in [5.74, 6) is 4.70. The molecule has 3 aromatic heterocycles. The number of aromatic nitrogens is 9. The van der Waals surface area contributed by atoms with Gasteiger partial charge in [0.15, 0.2) is 11.6 Å². The van der Waals surface area contributed by atoms with Crippen LogP contribution in [0.1, 0.15) is 425 Å². The number of nitrogens with one attached hydrogen (secondary N) is 10. The van der Waals surface area contributed by atoms with E-state index in [2.05, 4.69) is 300 Å². The highest BCUT2D eigenvalue weighted by molar-refractivity contribution is 5.49. The lowest BCUT2D eigenvalue weighted by atomic mass is 9.77. The van der Waals surface area contributed by atoms with Crippen molar-refractivity contribution in [2.24, 2.45) is 22.9 Å². The quantitative estimate of drug-likeness (QED) is 0.0142. The van der Waals surface area contributed by atoms with E-state index in [9.17, 15) is 0 Å². The standard InChI is InChI=1S/C97H194N32/c1-33-43-52-102-124(75(99)49-39-7)82-107-78(108-83(112-82)125(76(100)50-40-8)103-53-44-34-2)73(42-10)121(68-57-87(11,12)116-88(13,14)58-68)67-122(69-59-89(15,16)117-90(17,18)60-69)80-109-79(110-81(111-80)123(74(98)48-38-6)70-61-91(19,20)118-92(21,22)62-70)97(31,32)128(72-65-95(27,28)120-96(29,30)66-72)127(71-63-93(23,24)119-94(25,26)64-71)85-113-84(126(77(101)51-41-9)104-54-45-35-3)114-86(115-85)129(105-55-46-36-4)106-56-47-37-5/h68-77,102-106,116-120H,33-67,98-101H2,1-32H3. The molecule has 0 amide bonds. The number of hydrogen-bond donors (Lipinski definition) is 14. The van der Waals surface area contributed by atoms with Gasteiger partial charge in [0.1, 0.15) is 0 Å². The van der Waals surface area contributed by atoms with Crippen LogP contribution in [-0.4, -0.2) is 204 Å². The van der Waals surface area contributed by atoms with E-state index in [1.54, 1.807) is 0 Å². The normalized spacial score (nSPS) is 21.6. The van der Waals surface area contributed by atoms with Gasteiger partial charge in [-0.25, -0.2) is 37.3 Å². The van der Waals surface area contributed by atoms with E-state index >= 15 is 0 Å². The number of nitrogens with zero attached hydrogens (tertiary/aromatic N) is 18. The molecule has 32 nitrogen and oxygen atoms in total. The molecule has 0 radical (unpaired) electrons. The van der Waals surface area contributed by atoms with Crippen LogP contribution in [-0.2, 0) is 5.54 Å². The van der Waals surface area contributed by atoms with Gasteiger partial charge >= 0.3 is 0 Å². The van der Waals surface area contributed by atoms with Crippen LogP contribution in [0.3, 0.4) is 0 Å². The number of unbranched alkanes of at least 4 members (excludes halogenated alkanes) is 5. The highest BCUT2D eigenvalue weighted by Crippen LogP contribution is 2.48. The highest BCUT2D eigenvalue weighted by atomic mass is 15.8. The second kappa shape index (κ2) is 46.2. The van der Waals surface area contributed by atoms with E-state index in [0.29, 0.717) is 125 Å². The van der Waals surface area contributed by atoms with E-state index in [4.69, 9.17) is 67.8 Å². The van der Waals surface area contributed by atoms with Gasteiger partial charge in [-0.05, 0) is 281 Å². The lowest BCUT2D eigenvalue weighted by Gasteiger charge is -2.59. The average Bonchev–Trinajstić information content (AvgIpc) is 0.726. The predicted molar refractivity (Wildman–Crippen MR) is 539 cm³/mol. The monoisotopic (exact) mass is 1810 g/mol. The lowest BCUT2D eigenvalue weighted by Crippen LogP contribution is -2.71. The zero-order chi connectivity index (χ0) is 95.8. The minimum atomic E-state index is -1.16. The number of hydrazine groups is 6. The summed E-state index contributed by atoms with van der Waals surface area (Å²) in [5.41, 5.74) is 44.9. The molecule has 5 fully saturated rings. The van der Waals surface area contributed by atoms with Gasteiger partial charge in [0.2, 0.25) is 35.7 Å². The predicted octanol–water partition coefficient (Wildman–Crippen LogP) is 14.9. The van der Waals surface area contributed by atoms with Gasteiger partial charge < -0.3 is 59.3 Å². The number of nitrogens with two attached hydrogens (primary N) is 4. The zero-order valence-corrected chi connectivity index (χ0v) is 87.9. The van der Waals surface area contributed by atoms with Crippen molar-refractivity contribution >= 4 is 41.6 Å². The summed E-state index contributed by atoms with van der Waals surface area (Å²) in [5, 5.41) is 34.0. The smallest absolute Gasteiger partial charge is 0.262 e. The molecule has 18 N–H and O–H groups in total.